The smallest absolute Gasteiger partial charge is 0.233 e. The quantitative estimate of drug-likeness (QED) is 0.541. The number of amides is 1. The van der Waals surface area contributed by atoms with E-state index < -0.39 is 0 Å². The Labute approximate surface area is 101 Å². The first-order valence-corrected chi connectivity index (χ1v) is 5.55. The zero-order chi connectivity index (χ0) is 12.1. The van der Waals surface area contributed by atoms with Crippen LogP contribution in [0.4, 0.5) is 5.69 Å². The minimum absolute atomic E-state index is 0.138. The van der Waals surface area contributed by atoms with Gasteiger partial charge in [-0.1, -0.05) is 11.6 Å². The lowest BCUT2D eigenvalue weighted by Gasteiger charge is -2.25. The van der Waals surface area contributed by atoms with Crippen molar-refractivity contribution in [3.63, 3.8) is 0 Å². The normalized spacial score (nSPS) is 26.6. The highest BCUT2D eigenvalue weighted by atomic mass is 35.5. The summed E-state index contributed by atoms with van der Waals surface area (Å²) in [6.45, 7) is 8.21. The molecular weight excluding hydrogens is 222 g/mol. The maximum Gasteiger partial charge on any atom is 0.311 e. The number of halogens is 1. The van der Waals surface area contributed by atoms with Crippen LogP contribution < -0.4 is 4.48 Å². The molecular formula is C13H15ClNO+. The highest BCUT2D eigenvalue weighted by Gasteiger charge is 2.50. The number of rotatable bonds is 1. The fourth-order valence-corrected chi connectivity index (χ4v) is 2.59. The van der Waals surface area contributed by atoms with Crippen molar-refractivity contribution in [3.05, 3.63) is 41.1 Å². The number of benzene rings is 1. The Morgan fingerprint density at radius 3 is 2.62 bits per heavy atom. The molecule has 3 heteroatoms. The molecule has 1 aromatic rings. The molecule has 0 radical (unpaired) electrons. The SMILES string of the molecule is C=C1C(C)(C)c2cc(Cl)ccc2[N+]1(C)C=O. The first kappa shape index (κ1) is 11.4. The van der Waals surface area contributed by atoms with Crippen molar-refractivity contribution >= 4 is 23.7 Å². The Morgan fingerprint density at radius 2 is 2.06 bits per heavy atom. The van der Waals surface area contributed by atoms with E-state index >= 15 is 0 Å². The second-order valence-electron chi connectivity index (χ2n) is 4.91. The van der Waals surface area contributed by atoms with E-state index in [1.807, 2.05) is 25.2 Å². The Hall–Kier alpha value is -1.12. The number of hydrogen-bond donors (Lipinski definition) is 0. The largest absolute Gasteiger partial charge is 0.311 e. The summed E-state index contributed by atoms with van der Waals surface area (Å²) in [5.74, 6) is 0. The van der Waals surface area contributed by atoms with Crippen LogP contribution in [0.5, 0.6) is 0 Å². The van der Waals surface area contributed by atoms with Gasteiger partial charge in [0.05, 0.1) is 12.5 Å². The van der Waals surface area contributed by atoms with Crippen LogP contribution in [0.2, 0.25) is 5.02 Å². The number of allylic oxidation sites excluding steroid dienone is 1. The number of quaternary nitrogens is 1. The fraction of sp³-hybridized carbons (Fsp3) is 0.308. The molecule has 0 N–H and O–H groups in total. The first-order valence-electron chi connectivity index (χ1n) is 5.17. The van der Waals surface area contributed by atoms with Gasteiger partial charge in [-0.3, -0.25) is 0 Å². The molecule has 1 aromatic carbocycles. The average molecular weight is 237 g/mol. The molecule has 0 aromatic heterocycles. The van der Waals surface area contributed by atoms with Gasteiger partial charge in [0.2, 0.25) is 0 Å². The minimum atomic E-state index is -0.226. The van der Waals surface area contributed by atoms with Crippen LogP contribution in [0.15, 0.2) is 30.5 Å². The monoisotopic (exact) mass is 236 g/mol. The average Bonchev–Trinajstić information content (AvgIpc) is 2.39. The van der Waals surface area contributed by atoms with Gasteiger partial charge in [-0.25, -0.2) is 9.28 Å². The first-order chi connectivity index (χ1) is 7.34. The molecule has 2 rings (SSSR count). The molecule has 2 nitrogen and oxygen atoms in total. The third-order valence-corrected chi connectivity index (χ3v) is 3.86. The Morgan fingerprint density at radius 1 is 1.44 bits per heavy atom. The summed E-state index contributed by atoms with van der Waals surface area (Å²) in [7, 11) is 1.86. The van der Waals surface area contributed by atoms with E-state index in [2.05, 4.69) is 20.4 Å². The van der Waals surface area contributed by atoms with Gasteiger partial charge in [0.1, 0.15) is 11.4 Å². The lowest BCUT2D eigenvalue weighted by atomic mass is 9.84. The zero-order valence-corrected chi connectivity index (χ0v) is 10.5. The lowest BCUT2D eigenvalue weighted by Crippen LogP contribution is -2.42. The predicted molar refractivity (Wildman–Crippen MR) is 67.4 cm³/mol. The number of carbonyl (C=O) groups excluding carboxylic acids is 1. The number of nitrogens with zero attached hydrogens (tertiary/aromatic N) is 1. The Balaban J connectivity index is 2.80. The van der Waals surface area contributed by atoms with Gasteiger partial charge in [-0.15, -0.1) is 0 Å². The van der Waals surface area contributed by atoms with Crippen LogP contribution in [0.25, 0.3) is 0 Å². The summed E-state index contributed by atoms with van der Waals surface area (Å²) in [6, 6.07) is 5.65. The molecule has 0 aliphatic carbocycles. The summed E-state index contributed by atoms with van der Waals surface area (Å²) >= 11 is 6.01. The van der Waals surface area contributed by atoms with Crippen LogP contribution in [0.3, 0.4) is 0 Å². The molecule has 0 saturated carbocycles. The van der Waals surface area contributed by atoms with E-state index in [9.17, 15) is 4.79 Å². The summed E-state index contributed by atoms with van der Waals surface area (Å²) in [4.78, 5) is 11.4. The Bertz CT molecular complexity index is 493. The third-order valence-electron chi connectivity index (χ3n) is 3.63. The highest BCUT2D eigenvalue weighted by molar-refractivity contribution is 6.30. The molecule has 1 atom stereocenters. The highest BCUT2D eigenvalue weighted by Crippen LogP contribution is 2.50. The van der Waals surface area contributed by atoms with Gasteiger partial charge in [-0.2, -0.15) is 0 Å². The van der Waals surface area contributed by atoms with Crippen molar-refractivity contribution in [2.75, 3.05) is 7.05 Å². The third kappa shape index (κ3) is 1.20. The van der Waals surface area contributed by atoms with Crippen LogP contribution in [0, 0.1) is 0 Å². The molecule has 1 aliphatic rings. The molecule has 0 bridgehead atoms. The van der Waals surface area contributed by atoms with E-state index in [4.69, 9.17) is 11.6 Å². The second kappa shape index (κ2) is 3.19. The van der Waals surface area contributed by atoms with Gasteiger partial charge in [0.25, 0.3) is 0 Å². The standard InChI is InChI=1S/C13H15ClNO/c1-9-13(2,3)11-7-10(14)5-6-12(11)15(9,4)8-16/h5-8H,1H2,2-4H3/q+1. The lowest BCUT2D eigenvalue weighted by molar-refractivity contribution is -0.115. The zero-order valence-electron chi connectivity index (χ0n) is 9.75. The van der Waals surface area contributed by atoms with Crippen LogP contribution >= 0.6 is 11.6 Å². The molecule has 1 amide bonds. The molecule has 1 unspecified atom stereocenters. The molecule has 0 fully saturated rings. The van der Waals surface area contributed by atoms with Crippen LogP contribution in [-0.2, 0) is 10.2 Å². The van der Waals surface area contributed by atoms with Crippen molar-refractivity contribution in [1.82, 2.24) is 4.48 Å². The number of fused-ring (bicyclic) bond motifs is 1. The van der Waals surface area contributed by atoms with Crippen LogP contribution in [0.1, 0.15) is 19.4 Å². The topological polar surface area (TPSA) is 17.1 Å². The predicted octanol–water partition coefficient (Wildman–Crippen LogP) is 3.24. The van der Waals surface area contributed by atoms with Crippen molar-refractivity contribution in [3.8, 4) is 0 Å². The minimum Gasteiger partial charge on any atom is -0.233 e. The van der Waals surface area contributed by atoms with E-state index in [0.29, 0.717) is 5.02 Å². The van der Waals surface area contributed by atoms with Crippen molar-refractivity contribution in [1.29, 1.82) is 0 Å². The van der Waals surface area contributed by atoms with Gasteiger partial charge in [-0.05, 0) is 32.6 Å². The van der Waals surface area contributed by atoms with Gasteiger partial charge >= 0.3 is 6.41 Å². The van der Waals surface area contributed by atoms with Crippen molar-refractivity contribution < 1.29 is 4.79 Å². The maximum atomic E-state index is 11.4. The van der Waals surface area contributed by atoms with Crippen molar-refractivity contribution in [2.24, 2.45) is 0 Å². The number of hydrogen-bond acceptors (Lipinski definition) is 1. The summed E-state index contributed by atoms with van der Waals surface area (Å²) < 4.78 is 0.138. The van der Waals surface area contributed by atoms with Crippen LogP contribution in [-0.4, -0.2) is 13.5 Å². The maximum absolute atomic E-state index is 11.4. The van der Waals surface area contributed by atoms with E-state index in [0.717, 1.165) is 23.4 Å². The number of likely N-dealkylation sites (N-methyl/N-ethyl adjacent to an activating group) is 1. The number of carbonyl (C=O) groups is 1. The van der Waals surface area contributed by atoms with Crippen molar-refractivity contribution in [2.45, 2.75) is 19.3 Å². The van der Waals surface area contributed by atoms with E-state index in [1.165, 1.54) is 0 Å². The second-order valence-corrected chi connectivity index (χ2v) is 5.35. The molecule has 1 aliphatic heterocycles. The van der Waals surface area contributed by atoms with Gasteiger partial charge in [0, 0.05) is 16.7 Å². The molecule has 16 heavy (non-hydrogen) atoms. The van der Waals surface area contributed by atoms with Gasteiger partial charge in [0.15, 0.2) is 0 Å². The summed E-state index contributed by atoms with van der Waals surface area (Å²) in [6.07, 6.45) is 0.920. The van der Waals surface area contributed by atoms with E-state index in [1.54, 1.807) is 0 Å². The van der Waals surface area contributed by atoms with Gasteiger partial charge < -0.3 is 0 Å². The van der Waals surface area contributed by atoms with E-state index in [-0.39, 0.29) is 9.90 Å². The molecule has 0 saturated heterocycles. The fourth-order valence-electron chi connectivity index (χ4n) is 2.42. The summed E-state index contributed by atoms with van der Waals surface area (Å²) in [5.41, 5.74) is 2.70. The molecule has 84 valence electrons. The Kier molecular flexibility index (Phi) is 2.26. The molecule has 1 heterocycles. The summed E-state index contributed by atoms with van der Waals surface area (Å²) in [5, 5.41) is 0.693. The molecule has 0 spiro atoms.